The number of nitrogens with zero attached hydrogens (tertiary/aromatic N) is 9. The SMILES string of the molecule is C[n+]1[c-]n(C2(c3[c-]c(C4(c5[c-]c(C6(c7ccccn7)c7ccncc7-c7cnccc76)ccc5)c5ccncc5-c5cnccc54)ccc3)c3ccncc3-c3cnccc32)cc1.[Pt]. The van der Waals surface area contributed by atoms with Crippen LogP contribution in [0.4, 0.5) is 0 Å². The molecule has 8 aromatic heterocycles. The Morgan fingerprint density at radius 2 is 0.844 bits per heavy atom. The minimum atomic E-state index is -0.915. The van der Waals surface area contributed by atoms with Crippen LogP contribution in [0.15, 0.2) is 184 Å². The number of fused-ring (bicyclic) bond motifs is 9. The average molecular weight is 1000 g/mol. The zero-order valence-electron chi connectivity index (χ0n) is 34.2. The molecule has 0 radical (unpaired) electrons. The molecule has 9 nitrogen and oxygen atoms in total. The minimum absolute atomic E-state index is 0. The number of benzene rings is 2. The van der Waals surface area contributed by atoms with E-state index in [0.717, 1.165) is 94.7 Å². The first-order valence-corrected chi connectivity index (χ1v) is 20.8. The van der Waals surface area contributed by atoms with Gasteiger partial charge in [-0.2, -0.15) is 48.5 Å². The van der Waals surface area contributed by atoms with E-state index < -0.39 is 16.4 Å². The van der Waals surface area contributed by atoms with E-state index in [0.29, 0.717) is 0 Å². The number of aryl methyl sites for hydroxylation is 1. The molecular weight excluding hydrogens is 970 g/mol. The van der Waals surface area contributed by atoms with E-state index in [9.17, 15) is 0 Å². The quantitative estimate of drug-likeness (QED) is 0.123. The predicted octanol–water partition coefficient (Wildman–Crippen LogP) is 8.02. The fourth-order valence-electron chi connectivity index (χ4n) is 11.1. The molecule has 306 valence electrons. The van der Waals surface area contributed by atoms with Crippen molar-refractivity contribution in [2.75, 3.05) is 0 Å². The molecule has 0 bridgehead atoms. The smallest absolute Gasteiger partial charge is 0.204 e. The molecule has 13 rings (SSSR count). The predicted molar refractivity (Wildman–Crippen MR) is 235 cm³/mol. The van der Waals surface area contributed by atoms with Crippen molar-refractivity contribution in [1.82, 2.24) is 39.5 Å². The summed E-state index contributed by atoms with van der Waals surface area (Å²) in [7, 11) is 2.00. The normalized spacial score (nSPS) is 14.9. The van der Waals surface area contributed by atoms with Gasteiger partial charge in [-0.25, -0.2) is 0 Å². The van der Waals surface area contributed by atoms with Crippen LogP contribution >= 0.6 is 0 Å². The summed E-state index contributed by atoms with van der Waals surface area (Å²) < 4.78 is 4.13. The summed E-state index contributed by atoms with van der Waals surface area (Å²) in [4.78, 5) is 32.9. The Kier molecular flexibility index (Phi) is 8.46. The Balaban J connectivity index is 0.00000433. The Labute approximate surface area is 383 Å². The summed E-state index contributed by atoms with van der Waals surface area (Å²) >= 11 is 0. The second kappa shape index (κ2) is 14.2. The maximum atomic E-state index is 5.11. The van der Waals surface area contributed by atoms with Gasteiger partial charge in [-0.15, -0.1) is 22.3 Å². The molecule has 0 amide bonds. The topological polar surface area (TPSA) is 99.0 Å². The van der Waals surface area contributed by atoms with Crippen molar-refractivity contribution < 1.29 is 25.6 Å². The van der Waals surface area contributed by atoms with Crippen LogP contribution in [0.25, 0.3) is 33.4 Å². The minimum Gasteiger partial charge on any atom is -0.354 e. The monoisotopic (exact) mass is 1000 g/mol. The van der Waals surface area contributed by atoms with Crippen molar-refractivity contribution in [1.29, 1.82) is 0 Å². The molecule has 0 atom stereocenters. The van der Waals surface area contributed by atoms with Crippen molar-refractivity contribution >= 4 is 0 Å². The second-order valence-electron chi connectivity index (χ2n) is 16.3. The summed E-state index contributed by atoms with van der Waals surface area (Å²) in [6.07, 6.45) is 32.5. The molecule has 0 aliphatic heterocycles. The molecule has 3 aliphatic rings. The third kappa shape index (κ3) is 4.82. The van der Waals surface area contributed by atoms with Gasteiger partial charge >= 0.3 is 0 Å². The van der Waals surface area contributed by atoms with Gasteiger partial charge in [0.15, 0.2) is 0 Å². The van der Waals surface area contributed by atoms with Gasteiger partial charge in [0.25, 0.3) is 0 Å². The molecule has 0 fully saturated rings. The van der Waals surface area contributed by atoms with Gasteiger partial charge in [0.2, 0.25) is 6.33 Å². The fourth-order valence-corrected chi connectivity index (χ4v) is 11.1. The van der Waals surface area contributed by atoms with Crippen LogP contribution < -0.4 is 4.57 Å². The molecule has 0 saturated heterocycles. The van der Waals surface area contributed by atoms with E-state index in [1.165, 1.54) is 0 Å². The molecule has 0 N–H and O–H groups in total. The van der Waals surface area contributed by atoms with Gasteiger partial charge in [0.05, 0.1) is 18.2 Å². The average Bonchev–Trinajstić information content (AvgIpc) is 4.09. The van der Waals surface area contributed by atoms with Crippen LogP contribution in [0.5, 0.6) is 0 Å². The molecule has 0 spiro atoms. The third-order valence-corrected chi connectivity index (χ3v) is 13.5. The summed E-state index contributed by atoms with van der Waals surface area (Å²) in [5, 5.41) is 0. The summed E-state index contributed by atoms with van der Waals surface area (Å²) in [5.74, 6) is 0. The zero-order valence-corrected chi connectivity index (χ0v) is 36.4. The molecular formula is C54H33N9Pt-2. The number of aromatic nitrogens is 9. The molecule has 8 heterocycles. The van der Waals surface area contributed by atoms with E-state index >= 15 is 0 Å². The molecule has 64 heavy (non-hydrogen) atoms. The Bertz CT molecular complexity index is 3340. The van der Waals surface area contributed by atoms with Crippen molar-refractivity contribution in [3.8, 4) is 33.4 Å². The maximum Gasteiger partial charge on any atom is 0.204 e. The van der Waals surface area contributed by atoms with Gasteiger partial charge in [-0.1, -0.05) is 6.07 Å². The van der Waals surface area contributed by atoms with Gasteiger partial charge in [0.1, 0.15) is 5.54 Å². The maximum absolute atomic E-state index is 5.11. The summed E-state index contributed by atoms with van der Waals surface area (Å²) in [6.45, 7) is 0. The number of hydrogen-bond donors (Lipinski definition) is 0. The Morgan fingerprint density at radius 1 is 0.438 bits per heavy atom. The molecule has 10 heteroatoms. The summed E-state index contributed by atoms with van der Waals surface area (Å²) in [6, 6.07) is 40.4. The van der Waals surface area contributed by atoms with E-state index in [1.807, 2.05) is 104 Å². The van der Waals surface area contributed by atoms with E-state index in [2.05, 4.69) is 144 Å². The molecule has 0 saturated carbocycles. The number of hydrogen-bond acceptors (Lipinski definition) is 7. The van der Waals surface area contributed by atoms with E-state index in [-0.39, 0.29) is 21.1 Å². The first-order chi connectivity index (χ1) is 31.2. The van der Waals surface area contributed by atoms with Crippen molar-refractivity contribution in [2.45, 2.75) is 16.4 Å². The van der Waals surface area contributed by atoms with Crippen molar-refractivity contribution in [3.05, 3.63) is 264 Å². The van der Waals surface area contributed by atoms with Crippen LogP contribution in [-0.4, -0.2) is 39.5 Å². The largest absolute Gasteiger partial charge is 0.354 e. The van der Waals surface area contributed by atoms with Gasteiger partial charge < -0.3 is 9.13 Å². The number of pyridine rings is 7. The van der Waals surface area contributed by atoms with Crippen molar-refractivity contribution in [3.63, 3.8) is 0 Å². The number of rotatable bonds is 6. The van der Waals surface area contributed by atoms with E-state index in [1.54, 1.807) is 0 Å². The molecule has 2 aromatic carbocycles. The van der Waals surface area contributed by atoms with Crippen LogP contribution in [0.1, 0.15) is 61.3 Å². The van der Waals surface area contributed by atoms with Crippen LogP contribution in [0.2, 0.25) is 0 Å². The first kappa shape index (κ1) is 38.1. The zero-order chi connectivity index (χ0) is 41.8. The van der Waals surface area contributed by atoms with Gasteiger partial charge in [-0.3, -0.25) is 34.9 Å². The van der Waals surface area contributed by atoms with Gasteiger partial charge in [-0.05, 0) is 83.2 Å². The fraction of sp³-hybridized carbons (Fsp3) is 0.0741. The molecule has 10 aromatic rings. The second-order valence-corrected chi connectivity index (χ2v) is 16.3. The van der Waals surface area contributed by atoms with Crippen LogP contribution in [0, 0.1) is 18.5 Å². The Hall–Kier alpha value is -7.61. The molecule has 0 unspecified atom stereocenters. The number of imidazole rings is 1. The van der Waals surface area contributed by atoms with Crippen LogP contribution in [-0.2, 0) is 44.5 Å². The van der Waals surface area contributed by atoms with Crippen molar-refractivity contribution in [2.24, 2.45) is 7.05 Å². The third-order valence-electron chi connectivity index (χ3n) is 13.5. The summed E-state index contributed by atoms with van der Waals surface area (Å²) in [5.41, 5.74) is 14.7. The molecule has 3 aliphatic carbocycles. The Morgan fingerprint density at radius 3 is 1.28 bits per heavy atom. The first-order valence-electron chi connectivity index (χ1n) is 20.8. The van der Waals surface area contributed by atoms with Gasteiger partial charge in [0, 0.05) is 152 Å². The standard InChI is InChI=1S/C54H33N9.Pt/c1-62-24-25-63(34-62)54(49-15-22-59-32-43(49)44-33-60-23-16-50(44)54)38-9-5-7-36(27-38)52(45-11-18-55-28-39(45)40-29-56-19-12-46(40)52)35-6-4-8-37(26-35)53(51-10-2-3-17-61-51)47-13-20-57-30-41(47)42-31-58-21-14-48(42)53;/h2-25,28-33H,1H3;/q-2;. The van der Waals surface area contributed by atoms with E-state index in [4.69, 9.17) is 4.98 Å². The van der Waals surface area contributed by atoms with Crippen LogP contribution in [0.3, 0.4) is 0 Å².